The van der Waals surface area contributed by atoms with Gasteiger partial charge in [0, 0.05) is 24.1 Å². The fraction of sp³-hybridized carbons (Fsp3) is 0.556. The molecule has 4 nitrogen and oxygen atoms in total. The predicted molar refractivity (Wildman–Crippen MR) is 51.7 cm³/mol. The summed E-state index contributed by atoms with van der Waals surface area (Å²) in [6.07, 6.45) is 1.24. The molecule has 1 amide bonds. The summed E-state index contributed by atoms with van der Waals surface area (Å²) >= 11 is 0. The van der Waals surface area contributed by atoms with Crippen molar-refractivity contribution in [1.29, 1.82) is 5.41 Å². The molecule has 0 bridgehead atoms. The first-order chi connectivity index (χ1) is 5.73. The number of allylic oxidation sites excluding steroid dienone is 1. The number of hydrogen-bond acceptors (Lipinski definition) is 3. The molecule has 0 heterocycles. The molecule has 0 aliphatic carbocycles. The van der Waals surface area contributed by atoms with E-state index in [4.69, 9.17) is 10.5 Å². The van der Waals surface area contributed by atoms with E-state index in [1.807, 2.05) is 20.8 Å². The smallest absolute Gasteiger partial charge is 0.223 e. The average Bonchev–Trinajstić information content (AvgIpc) is 1.82. The third-order valence-corrected chi connectivity index (χ3v) is 1.39. The Labute approximate surface area is 78.2 Å². The Morgan fingerprint density at radius 2 is 1.92 bits per heavy atom. The van der Waals surface area contributed by atoms with Crippen molar-refractivity contribution in [2.24, 2.45) is 5.41 Å². The first-order valence-electron chi connectivity index (χ1n) is 4.01. The van der Waals surface area contributed by atoms with Gasteiger partial charge in [0.15, 0.2) is 5.88 Å². The molecule has 74 valence electrons. The Morgan fingerprint density at radius 3 is 2.23 bits per heavy atom. The lowest BCUT2D eigenvalue weighted by Gasteiger charge is -2.16. The van der Waals surface area contributed by atoms with E-state index in [0.717, 1.165) is 0 Å². The molecule has 0 atom stereocenters. The van der Waals surface area contributed by atoms with Crippen LogP contribution in [0.1, 0.15) is 27.7 Å². The van der Waals surface area contributed by atoms with E-state index >= 15 is 0 Å². The topological polar surface area (TPSA) is 73.2 Å². The van der Waals surface area contributed by atoms with E-state index in [1.54, 1.807) is 0 Å². The van der Waals surface area contributed by atoms with Crippen LogP contribution in [0.4, 0.5) is 0 Å². The van der Waals surface area contributed by atoms with E-state index in [-0.39, 0.29) is 22.9 Å². The lowest BCUT2D eigenvalue weighted by atomic mass is 9.90. The summed E-state index contributed by atoms with van der Waals surface area (Å²) in [5.74, 6) is -0.636. The number of nitrogens with one attached hydrogen (secondary N) is 2. The summed E-state index contributed by atoms with van der Waals surface area (Å²) in [5, 5.41) is 18.9. The van der Waals surface area contributed by atoms with Crippen molar-refractivity contribution < 1.29 is 9.90 Å². The second-order valence-corrected chi connectivity index (χ2v) is 3.87. The highest BCUT2D eigenvalue weighted by Crippen LogP contribution is 2.15. The minimum Gasteiger partial charge on any atom is -0.494 e. The summed E-state index contributed by atoms with van der Waals surface area (Å²) in [4.78, 5) is 10.5. The van der Waals surface area contributed by atoms with Crippen molar-refractivity contribution in [3.8, 4) is 0 Å². The van der Waals surface area contributed by atoms with Gasteiger partial charge in [-0.25, -0.2) is 0 Å². The Balaban J connectivity index is 4.40. The lowest BCUT2D eigenvalue weighted by Crippen LogP contribution is -2.23. The number of hydrogen-bond donors (Lipinski definition) is 3. The predicted octanol–water partition coefficient (Wildman–Crippen LogP) is 1.59. The third kappa shape index (κ3) is 5.00. The van der Waals surface area contributed by atoms with Gasteiger partial charge in [-0.15, -0.1) is 0 Å². The van der Waals surface area contributed by atoms with Crippen molar-refractivity contribution in [3.63, 3.8) is 0 Å². The third-order valence-electron chi connectivity index (χ3n) is 1.39. The van der Waals surface area contributed by atoms with Crippen LogP contribution in [0, 0.1) is 10.8 Å². The molecular formula is C9H16N2O2. The fourth-order valence-electron chi connectivity index (χ4n) is 0.570. The maximum atomic E-state index is 10.5. The van der Waals surface area contributed by atoms with Gasteiger partial charge in [0.2, 0.25) is 5.91 Å². The SMILES string of the molecule is CC(=O)N/C(O)=C/C(=N)C(C)(C)C. The highest BCUT2D eigenvalue weighted by molar-refractivity contribution is 5.97. The van der Waals surface area contributed by atoms with Gasteiger partial charge in [-0.1, -0.05) is 20.8 Å². The van der Waals surface area contributed by atoms with Gasteiger partial charge in [0.1, 0.15) is 0 Å². The summed E-state index contributed by atoms with van der Waals surface area (Å²) in [5.41, 5.74) is -0.0642. The number of rotatable bonds is 2. The minimum atomic E-state index is -0.351. The summed E-state index contributed by atoms with van der Waals surface area (Å²) in [6, 6.07) is 0. The van der Waals surface area contributed by atoms with Gasteiger partial charge >= 0.3 is 0 Å². The van der Waals surface area contributed by atoms with E-state index in [2.05, 4.69) is 5.32 Å². The van der Waals surface area contributed by atoms with Gasteiger partial charge < -0.3 is 10.5 Å². The van der Waals surface area contributed by atoms with Crippen LogP contribution in [0.15, 0.2) is 12.0 Å². The lowest BCUT2D eigenvalue weighted by molar-refractivity contribution is -0.118. The zero-order chi connectivity index (χ0) is 10.6. The standard InChI is InChI=1S/C9H16N2O2/c1-6(12)11-8(13)5-7(10)9(2,3)4/h5,10,13H,1-4H3,(H,11,12)/b8-5-,10-7?. The molecule has 4 heteroatoms. The summed E-state index contributed by atoms with van der Waals surface area (Å²) in [7, 11) is 0. The molecule has 0 saturated carbocycles. The van der Waals surface area contributed by atoms with E-state index in [1.165, 1.54) is 13.0 Å². The van der Waals surface area contributed by atoms with E-state index in [9.17, 15) is 4.79 Å². The van der Waals surface area contributed by atoms with Crippen LogP contribution in [0.25, 0.3) is 0 Å². The molecule has 0 aliphatic rings. The van der Waals surface area contributed by atoms with Gasteiger partial charge in [-0.3, -0.25) is 10.1 Å². The largest absolute Gasteiger partial charge is 0.494 e. The Morgan fingerprint density at radius 1 is 1.46 bits per heavy atom. The van der Waals surface area contributed by atoms with Crippen molar-refractivity contribution in [1.82, 2.24) is 5.32 Å². The van der Waals surface area contributed by atoms with Crippen LogP contribution in [-0.4, -0.2) is 16.7 Å². The van der Waals surface area contributed by atoms with Crippen LogP contribution >= 0.6 is 0 Å². The van der Waals surface area contributed by atoms with Crippen LogP contribution < -0.4 is 5.32 Å². The van der Waals surface area contributed by atoms with E-state index < -0.39 is 0 Å². The van der Waals surface area contributed by atoms with Gasteiger partial charge in [0.25, 0.3) is 0 Å². The molecule has 0 unspecified atom stereocenters. The van der Waals surface area contributed by atoms with Crippen molar-refractivity contribution in [2.45, 2.75) is 27.7 Å². The quantitative estimate of drug-likeness (QED) is 0.450. The highest BCUT2D eigenvalue weighted by Gasteiger charge is 2.15. The van der Waals surface area contributed by atoms with Gasteiger partial charge in [0.05, 0.1) is 0 Å². The normalized spacial score (nSPS) is 12.5. The average molecular weight is 184 g/mol. The van der Waals surface area contributed by atoms with Gasteiger partial charge in [-0.05, 0) is 0 Å². The molecule has 0 fully saturated rings. The molecule has 3 N–H and O–H groups in total. The Hall–Kier alpha value is -1.32. The molecule has 13 heavy (non-hydrogen) atoms. The maximum Gasteiger partial charge on any atom is 0.223 e. The zero-order valence-corrected chi connectivity index (χ0v) is 8.43. The summed E-state index contributed by atoms with van der Waals surface area (Å²) in [6.45, 7) is 6.86. The van der Waals surface area contributed by atoms with Crippen molar-refractivity contribution in [2.75, 3.05) is 0 Å². The van der Waals surface area contributed by atoms with Crippen LogP contribution in [0.3, 0.4) is 0 Å². The molecule has 0 spiro atoms. The Bertz CT molecular complexity index is 249. The second kappa shape index (κ2) is 4.07. The molecule has 0 radical (unpaired) electrons. The second-order valence-electron chi connectivity index (χ2n) is 3.87. The fourth-order valence-corrected chi connectivity index (χ4v) is 0.570. The number of carbonyl (C=O) groups excluding carboxylic acids is 1. The number of aliphatic hydroxyl groups excluding tert-OH is 1. The molecule has 0 rings (SSSR count). The number of aliphatic hydroxyl groups is 1. The summed E-state index contributed by atoms with van der Waals surface area (Å²) < 4.78 is 0. The van der Waals surface area contributed by atoms with Crippen molar-refractivity contribution >= 4 is 11.6 Å². The molecular weight excluding hydrogens is 168 g/mol. The molecule has 0 aromatic carbocycles. The van der Waals surface area contributed by atoms with Gasteiger partial charge in [-0.2, -0.15) is 0 Å². The van der Waals surface area contributed by atoms with Crippen LogP contribution in [0.2, 0.25) is 0 Å². The molecule has 0 aliphatic heterocycles. The van der Waals surface area contributed by atoms with Crippen molar-refractivity contribution in [3.05, 3.63) is 12.0 Å². The monoisotopic (exact) mass is 184 g/mol. The highest BCUT2D eigenvalue weighted by atomic mass is 16.3. The zero-order valence-electron chi connectivity index (χ0n) is 8.43. The number of carbonyl (C=O) groups is 1. The molecule has 0 saturated heterocycles. The number of amides is 1. The van der Waals surface area contributed by atoms with Crippen LogP contribution in [0.5, 0.6) is 0 Å². The van der Waals surface area contributed by atoms with Crippen LogP contribution in [-0.2, 0) is 4.79 Å². The maximum absolute atomic E-state index is 10.5. The molecule has 0 aromatic rings. The first-order valence-corrected chi connectivity index (χ1v) is 4.01. The Kier molecular flexibility index (Phi) is 3.66. The first kappa shape index (κ1) is 11.7. The molecule has 0 aromatic heterocycles. The minimum absolute atomic E-state index is 0.263. The van der Waals surface area contributed by atoms with E-state index in [0.29, 0.717) is 0 Å².